The molecule has 0 radical (unpaired) electrons. The summed E-state index contributed by atoms with van der Waals surface area (Å²) in [5.41, 5.74) is 1.39. The van der Waals surface area contributed by atoms with Crippen molar-refractivity contribution in [2.75, 3.05) is 26.7 Å². The summed E-state index contributed by atoms with van der Waals surface area (Å²) in [6, 6.07) is 6.82. The van der Waals surface area contributed by atoms with E-state index in [0.29, 0.717) is 31.0 Å². The molecule has 1 saturated heterocycles. The summed E-state index contributed by atoms with van der Waals surface area (Å²) < 4.78 is 44.6. The third-order valence-corrected chi connectivity index (χ3v) is 5.47. The predicted molar refractivity (Wildman–Crippen MR) is 102 cm³/mol. The fourth-order valence-electron chi connectivity index (χ4n) is 3.59. The van der Waals surface area contributed by atoms with Gasteiger partial charge in [-0.2, -0.15) is 13.2 Å². The summed E-state index contributed by atoms with van der Waals surface area (Å²) in [5.74, 6) is -1.08. The number of amides is 1. The lowest BCUT2D eigenvalue weighted by Gasteiger charge is -2.32. The second-order valence-corrected chi connectivity index (χ2v) is 7.38. The average molecular weight is 410 g/mol. The van der Waals surface area contributed by atoms with Crippen molar-refractivity contribution in [1.82, 2.24) is 9.80 Å². The summed E-state index contributed by atoms with van der Waals surface area (Å²) in [5, 5.41) is 9.04. The molecule has 1 aliphatic heterocycles. The minimum Gasteiger partial charge on any atom is -0.484 e. The molecule has 2 atom stereocenters. The van der Waals surface area contributed by atoms with Crippen LogP contribution < -0.4 is 4.74 Å². The number of hydrogen-bond donors (Lipinski definition) is 1. The number of hydrogen-bond acceptors (Lipinski definition) is 4. The number of likely N-dealkylation sites (N-methyl/N-ethyl adjacent to an activating group) is 1. The highest BCUT2D eigenvalue weighted by Crippen LogP contribution is 2.36. The Bertz CT molecular complexity index is 774. The van der Waals surface area contributed by atoms with Crippen LogP contribution in [0.3, 0.4) is 0 Å². The van der Waals surface area contributed by atoms with Crippen LogP contribution in [-0.2, 0) is 11.4 Å². The number of benzene rings is 1. The van der Waals surface area contributed by atoms with Crippen molar-refractivity contribution in [3.8, 4) is 5.75 Å². The lowest BCUT2D eigenvalue weighted by Crippen LogP contribution is -2.39. The number of halogens is 3. The maximum Gasteiger partial charge on any atom is 0.395 e. The van der Waals surface area contributed by atoms with E-state index in [4.69, 9.17) is 9.84 Å². The molecule has 2 unspecified atom stereocenters. The number of aliphatic hydroxyl groups excluding tert-OH is 1. The van der Waals surface area contributed by atoms with Gasteiger partial charge >= 0.3 is 6.18 Å². The van der Waals surface area contributed by atoms with Crippen molar-refractivity contribution < 1.29 is 27.8 Å². The Morgan fingerprint density at radius 1 is 1.31 bits per heavy atom. The third kappa shape index (κ3) is 5.32. The van der Waals surface area contributed by atoms with Gasteiger partial charge in [0.2, 0.25) is 0 Å². The summed E-state index contributed by atoms with van der Waals surface area (Å²) in [4.78, 5) is 16.0. The molecule has 1 aromatic carbocycles. The van der Waals surface area contributed by atoms with Crippen LogP contribution in [0.4, 0.5) is 13.2 Å². The number of likely N-dealkylation sites (tertiary alicyclic amines) is 1. The van der Waals surface area contributed by atoms with E-state index in [1.54, 1.807) is 42.3 Å². The number of aliphatic hydroxyl groups is 1. The van der Waals surface area contributed by atoms with Gasteiger partial charge in [-0.25, -0.2) is 0 Å². The highest BCUT2D eigenvalue weighted by Gasteiger charge is 2.40. The summed E-state index contributed by atoms with van der Waals surface area (Å²) in [7, 11) is 1.79. The Kier molecular flexibility index (Phi) is 6.52. The number of ether oxygens (including phenoxy) is 1. The zero-order valence-electron chi connectivity index (χ0n) is 16.2. The van der Waals surface area contributed by atoms with Crippen molar-refractivity contribution in [1.29, 1.82) is 0 Å². The largest absolute Gasteiger partial charge is 0.484 e. The van der Waals surface area contributed by atoms with Crippen LogP contribution in [0, 0.1) is 5.92 Å². The molecule has 0 saturated carbocycles. The zero-order chi connectivity index (χ0) is 21.0. The van der Waals surface area contributed by atoms with E-state index in [0.717, 1.165) is 5.56 Å². The number of allylic oxidation sites excluding steroid dienone is 4. The first-order chi connectivity index (χ1) is 13.8. The molecule has 1 fully saturated rings. The monoisotopic (exact) mass is 410 g/mol. The normalized spacial score (nSPS) is 21.8. The first kappa shape index (κ1) is 21.2. The number of rotatable bonds is 6. The molecule has 1 N–H and O–H groups in total. The Labute approximate surface area is 168 Å². The fraction of sp³-hybridized carbons (Fsp3) is 0.476. The van der Waals surface area contributed by atoms with E-state index in [9.17, 15) is 18.0 Å². The minimum absolute atomic E-state index is 0.0191. The van der Waals surface area contributed by atoms with Crippen molar-refractivity contribution in [3.05, 3.63) is 53.8 Å². The van der Waals surface area contributed by atoms with E-state index in [1.165, 1.54) is 12.2 Å². The lowest BCUT2D eigenvalue weighted by molar-refractivity contribution is -0.161. The molecule has 0 aromatic heterocycles. The van der Waals surface area contributed by atoms with E-state index >= 15 is 0 Å². The Morgan fingerprint density at radius 3 is 2.69 bits per heavy atom. The van der Waals surface area contributed by atoms with Gasteiger partial charge in [-0.1, -0.05) is 24.3 Å². The van der Waals surface area contributed by atoms with Crippen molar-refractivity contribution in [2.45, 2.75) is 31.7 Å². The topological polar surface area (TPSA) is 53.0 Å². The van der Waals surface area contributed by atoms with Crippen LogP contribution in [0.2, 0.25) is 0 Å². The average Bonchev–Trinajstić information content (AvgIpc) is 3.21. The van der Waals surface area contributed by atoms with Crippen LogP contribution >= 0.6 is 0 Å². The van der Waals surface area contributed by atoms with Crippen LogP contribution in [0.15, 0.2) is 48.2 Å². The zero-order valence-corrected chi connectivity index (χ0v) is 16.2. The number of carbonyl (C=O) groups is 1. The first-order valence-corrected chi connectivity index (χ1v) is 9.55. The van der Waals surface area contributed by atoms with Gasteiger partial charge in [0.25, 0.3) is 5.91 Å². The second-order valence-electron chi connectivity index (χ2n) is 7.38. The van der Waals surface area contributed by atoms with Gasteiger partial charge in [0.15, 0.2) is 6.61 Å². The standard InChI is InChI=1S/C21H25F3N2O3/c1-25(17-4-2-3-16(11-17)21(22,23)24)18-9-10-26(12-18)20(28)14-29-19-7-5-15(13-27)6-8-19/h2-8,16,18,27H,9-14H2,1H3. The Hall–Kier alpha value is -2.48. The van der Waals surface area contributed by atoms with Crippen molar-refractivity contribution in [2.24, 2.45) is 5.92 Å². The molecule has 1 aromatic rings. The summed E-state index contributed by atoms with van der Waals surface area (Å²) >= 11 is 0. The number of alkyl halides is 3. The molecule has 1 aliphatic carbocycles. The summed E-state index contributed by atoms with van der Waals surface area (Å²) in [6.07, 6.45) is 0.736. The maximum atomic E-state index is 13.0. The van der Waals surface area contributed by atoms with Crippen LogP contribution in [-0.4, -0.2) is 59.8 Å². The van der Waals surface area contributed by atoms with Crippen molar-refractivity contribution >= 4 is 5.91 Å². The third-order valence-electron chi connectivity index (χ3n) is 5.47. The minimum atomic E-state index is -4.25. The predicted octanol–water partition coefficient (Wildman–Crippen LogP) is 3.11. The van der Waals surface area contributed by atoms with E-state index < -0.39 is 12.1 Å². The molecule has 2 aliphatic rings. The van der Waals surface area contributed by atoms with Gasteiger partial charge in [-0.3, -0.25) is 4.79 Å². The molecule has 0 bridgehead atoms. The molecule has 158 valence electrons. The van der Waals surface area contributed by atoms with Crippen LogP contribution in [0.25, 0.3) is 0 Å². The molecule has 29 heavy (non-hydrogen) atoms. The Morgan fingerprint density at radius 2 is 2.03 bits per heavy atom. The van der Waals surface area contributed by atoms with Gasteiger partial charge in [-0.15, -0.1) is 0 Å². The molecule has 3 rings (SSSR count). The molecule has 5 nitrogen and oxygen atoms in total. The molecule has 1 heterocycles. The number of carbonyl (C=O) groups excluding carboxylic acids is 1. The highest BCUT2D eigenvalue weighted by molar-refractivity contribution is 5.78. The molecular formula is C21H25F3N2O3. The highest BCUT2D eigenvalue weighted by atomic mass is 19.4. The van der Waals surface area contributed by atoms with Gasteiger partial charge < -0.3 is 19.6 Å². The molecule has 8 heteroatoms. The first-order valence-electron chi connectivity index (χ1n) is 9.55. The summed E-state index contributed by atoms with van der Waals surface area (Å²) in [6.45, 7) is 0.848. The van der Waals surface area contributed by atoms with Crippen molar-refractivity contribution in [3.63, 3.8) is 0 Å². The quantitative estimate of drug-likeness (QED) is 0.783. The SMILES string of the molecule is CN(C1=CC=CC(C(F)(F)F)C1)C1CCN(C(=O)COc2ccc(CO)cc2)C1. The van der Waals surface area contributed by atoms with Gasteiger partial charge in [0.05, 0.1) is 12.5 Å². The lowest BCUT2D eigenvalue weighted by atomic mass is 9.96. The van der Waals surface area contributed by atoms with Gasteiger partial charge in [0.1, 0.15) is 5.75 Å². The fourth-order valence-corrected chi connectivity index (χ4v) is 3.59. The van der Waals surface area contributed by atoms with E-state index in [-0.39, 0.29) is 31.6 Å². The van der Waals surface area contributed by atoms with Gasteiger partial charge in [-0.05, 0) is 30.2 Å². The molecule has 0 spiro atoms. The van der Waals surface area contributed by atoms with E-state index in [1.807, 2.05) is 4.90 Å². The van der Waals surface area contributed by atoms with Crippen LogP contribution in [0.5, 0.6) is 5.75 Å². The number of nitrogens with zero attached hydrogens (tertiary/aromatic N) is 2. The molecule has 1 amide bonds. The molecular weight excluding hydrogens is 385 g/mol. The maximum absolute atomic E-state index is 13.0. The second kappa shape index (κ2) is 8.90. The van der Waals surface area contributed by atoms with Gasteiger partial charge in [0, 0.05) is 38.3 Å². The Balaban J connectivity index is 1.50. The van der Waals surface area contributed by atoms with E-state index in [2.05, 4.69) is 0 Å². The smallest absolute Gasteiger partial charge is 0.395 e. The van der Waals surface area contributed by atoms with Crippen LogP contribution in [0.1, 0.15) is 18.4 Å².